The van der Waals surface area contributed by atoms with Crippen molar-refractivity contribution >= 4 is 5.82 Å². The Morgan fingerprint density at radius 2 is 2.18 bits per heavy atom. The molecule has 1 atom stereocenters. The van der Waals surface area contributed by atoms with Crippen molar-refractivity contribution in [3.8, 4) is 6.07 Å². The van der Waals surface area contributed by atoms with Crippen LogP contribution in [0.3, 0.4) is 0 Å². The van der Waals surface area contributed by atoms with Gasteiger partial charge in [0, 0.05) is 6.04 Å². The molecular formula is C13H18N4. The number of anilines is 1. The highest BCUT2D eigenvalue weighted by Gasteiger charge is 2.32. The first kappa shape index (κ1) is 11.8. The summed E-state index contributed by atoms with van der Waals surface area (Å²) in [7, 11) is 0. The highest BCUT2D eigenvalue weighted by molar-refractivity contribution is 5.35. The summed E-state index contributed by atoms with van der Waals surface area (Å²) in [6.07, 6.45) is 8.15. The number of rotatable bonds is 2. The van der Waals surface area contributed by atoms with Gasteiger partial charge in [0.2, 0.25) is 0 Å². The maximum Gasteiger partial charge on any atom is 0.158 e. The van der Waals surface area contributed by atoms with E-state index in [4.69, 9.17) is 5.26 Å². The van der Waals surface area contributed by atoms with Gasteiger partial charge in [-0.3, -0.25) is 0 Å². The van der Waals surface area contributed by atoms with Crippen molar-refractivity contribution in [2.75, 3.05) is 5.32 Å². The van der Waals surface area contributed by atoms with Gasteiger partial charge in [-0.25, -0.2) is 9.97 Å². The Hall–Kier alpha value is -1.63. The molecular weight excluding hydrogens is 212 g/mol. The van der Waals surface area contributed by atoms with Crippen LogP contribution in [0.1, 0.15) is 45.2 Å². The second-order valence-corrected chi connectivity index (χ2v) is 5.33. The van der Waals surface area contributed by atoms with Gasteiger partial charge in [-0.2, -0.15) is 5.26 Å². The second-order valence-electron chi connectivity index (χ2n) is 5.33. The first-order valence-corrected chi connectivity index (χ1v) is 6.10. The fourth-order valence-electron chi connectivity index (χ4n) is 2.40. The van der Waals surface area contributed by atoms with Crippen LogP contribution in [0.2, 0.25) is 0 Å². The van der Waals surface area contributed by atoms with Crippen LogP contribution in [0.15, 0.2) is 12.4 Å². The van der Waals surface area contributed by atoms with Crippen LogP contribution < -0.4 is 5.32 Å². The minimum absolute atomic E-state index is 0.299. The summed E-state index contributed by atoms with van der Waals surface area (Å²) in [5, 5.41) is 12.1. The Bertz CT molecular complexity index is 416. The third-order valence-corrected chi connectivity index (χ3v) is 3.60. The minimum atomic E-state index is 0.299. The molecule has 2 rings (SSSR count). The molecule has 1 unspecified atom stereocenters. The van der Waals surface area contributed by atoms with Gasteiger partial charge >= 0.3 is 0 Å². The average molecular weight is 230 g/mol. The largest absolute Gasteiger partial charge is 0.366 e. The number of nitriles is 1. The highest BCUT2D eigenvalue weighted by Crippen LogP contribution is 2.36. The maximum atomic E-state index is 8.66. The first-order chi connectivity index (χ1) is 8.12. The molecule has 0 radical (unpaired) electrons. The van der Waals surface area contributed by atoms with Crippen molar-refractivity contribution in [3.63, 3.8) is 0 Å². The number of nitrogens with one attached hydrogen (secondary N) is 1. The molecule has 0 aromatic carbocycles. The van der Waals surface area contributed by atoms with E-state index in [2.05, 4.69) is 29.1 Å². The fourth-order valence-corrected chi connectivity index (χ4v) is 2.40. The average Bonchev–Trinajstić information content (AvgIpc) is 2.33. The van der Waals surface area contributed by atoms with E-state index in [1.807, 2.05) is 6.07 Å². The van der Waals surface area contributed by atoms with Gasteiger partial charge in [0.25, 0.3) is 0 Å². The summed E-state index contributed by atoms with van der Waals surface area (Å²) in [5.41, 5.74) is 0.659. The highest BCUT2D eigenvalue weighted by atomic mass is 15.0. The molecule has 0 amide bonds. The van der Waals surface area contributed by atoms with E-state index >= 15 is 0 Å². The van der Waals surface area contributed by atoms with E-state index in [0.29, 0.717) is 17.2 Å². The lowest BCUT2D eigenvalue weighted by atomic mass is 9.73. The summed E-state index contributed by atoms with van der Waals surface area (Å²) < 4.78 is 0. The Morgan fingerprint density at radius 3 is 2.76 bits per heavy atom. The van der Waals surface area contributed by atoms with Crippen LogP contribution in [-0.2, 0) is 0 Å². The van der Waals surface area contributed by atoms with Crippen molar-refractivity contribution in [3.05, 3.63) is 18.1 Å². The van der Waals surface area contributed by atoms with Crippen LogP contribution in [0.25, 0.3) is 0 Å². The van der Waals surface area contributed by atoms with Crippen molar-refractivity contribution in [2.45, 2.75) is 45.6 Å². The topological polar surface area (TPSA) is 61.6 Å². The minimum Gasteiger partial charge on any atom is -0.366 e. The molecule has 0 aliphatic heterocycles. The molecule has 1 aromatic heterocycles. The van der Waals surface area contributed by atoms with Crippen molar-refractivity contribution in [2.24, 2.45) is 5.41 Å². The standard InChI is InChI=1S/C13H18N4/c1-13(2)6-4-3-5-11(13)17-12-9-15-10(7-14)8-16-12/h8-9,11H,3-6H2,1-2H3,(H,16,17). The zero-order valence-corrected chi connectivity index (χ0v) is 10.4. The van der Waals surface area contributed by atoms with Gasteiger partial charge in [-0.15, -0.1) is 0 Å². The quantitative estimate of drug-likeness (QED) is 0.848. The normalized spacial score (nSPS) is 22.8. The molecule has 1 heterocycles. The van der Waals surface area contributed by atoms with E-state index in [0.717, 1.165) is 5.82 Å². The van der Waals surface area contributed by atoms with Gasteiger partial charge in [0.15, 0.2) is 5.69 Å². The molecule has 4 nitrogen and oxygen atoms in total. The number of nitrogens with zero attached hydrogens (tertiary/aromatic N) is 3. The van der Waals surface area contributed by atoms with Crippen molar-refractivity contribution in [1.82, 2.24) is 9.97 Å². The smallest absolute Gasteiger partial charge is 0.158 e. The fraction of sp³-hybridized carbons (Fsp3) is 0.615. The number of hydrogen-bond donors (Lipinski definition) is 1. The number of hydrogen-bond acceptors (Lipinski definition) is 4. The van der Waals surface area contributed by atoms with Gasteiger partial charge in [0.05, 0.1) is 12.4 Å². The molecule has 4 heteroatoms. The summed E-state index contributed by atoms with van der Waals surface area (Å²) in [6, 6.07) is 2.42. The Kier molecular flexibility index (Phi) is 3.28. The Labute approximate surface area is 102 Å². The first-order valence-electron chi connectivity index (χ1n) is 6.10. The third-order valence-electron chi connectivity index (χ3n) is 3.60. The zero-order valence-electron chi connectivity index (χ0n) is 10.4. The predicted octanol–water partition coefficient (Wildman–Crippen LogP) is 2.73. The Balaban J connectivity index is 2.06. The van der Waals surface area contributed by atoms with Crippen LogP contribution in [0, 0.1) is 16.7 Å². The molecule has 1 fully saturated rings. The SMILES string of the molecule is CC1(C)CCCCC1Nc1cnc(C#N)cn1. The number of aromatic nitrogens is 2. The van der Waals surface area contributed by atoms with E-state index in [1.54, 1.807) is 6.20 Å². The monoisotopic (exact) mass is 230 g/mol. The molecule has 1 saturated carbocycles. The van der Waals surface area contributed by atoms with Crippen LogP contribution >= 0.6 is 0 Å². The lowest BCUT2D eigenvalue weighted by Gasteiger charge is -2.39. The van der Waals surface area contributed by atoms with Crippen LogP contribution in [-0.4, -0.2) is 16.0 Å². The van der Waals surface area contributed by atoms with E-state index in [1.165, 1.54) is 31.9 Å². The van der Waals surface area contributed by atoms with Gasteiger partial charge in [0.1, 0.15) is 11.9 Å². The van der Waals surface area contributed by atoms with Crippen molar-refractivity contribution in [1.29, 1.82) is 5.26 Å². The molecule has 0 spiro atoms. The third kappa shape index (κ3) is 2.73. The molecule has 1 aliphatic rings. The molecule has 1 aromatic rings. The lowest BCUT2D eigenvalue weighted by molar-refractivity contribution is 0.216. The molecule has 0 bridgehead atoms. The van der Waals surface area contributed by atoms with Crippen LogP contribution in [0.5, 0.6) is 0 Å². The van der Waals surface area contributed by atoms with Crippen molar-refractivity contribution < 1.29 is 0 Å². The molecule has 1 N–H and O–H groups in total. The summed E-state index contributed by atoms with van der Waals surface area (Å²) in [6.45, 7) is 4.59. The van der Waals surface area contributed by atoms with E-state index in [-0.39, 0.29) is 0 Å². The lowest BCUT2D eigenvalue weighted by Crippen LogP contribution is -2.39. The van der Waals surface area contributed by atoms with Crippen LogP contribution in [0.4, 0.5) is 5.82 Å². The predicted molar refractivity (Wildman–Crippen MR) is 66.4 cm³/mol. The van der Waals surface area contributed by atoms with Gasteiger partial charge < -0.3 is 5.32 Å². The summed E-state index contributed by atoms with van der Waals surface area (Å²) in [5.74, 6) is 0.768. The molecule has 17 heavy (non-hydrogen) atoms. The summed E-state index contributed by atoms with van der Waals surface area (Å²) >= 11 is 0. The van der Waals surface area contributed by atoms with E-state index in [9.17, 15) is 0 Å². The summed E-state index contributed by atoms with van der Waals surface area (Å²) in [4.78, 5) is 8.24. The van der Waals surface area contributed by atoms with Gasteiger partial charge in [-0.05, 0) is 18.3 Å². The Morgan fingerprint density at radius 1 is 1.35 bits per heavy atom. The molecule has 90 valence electrons. The molecule has 0 saturated heterocycles. The van der Waals surface area contributed by atoms with E-state index < -0.39 is 0 Å². The maximum absolute atomic E-state index is 8.66. The molecule has 1 aliphatic carbocycles. The second kappa shape index (κ2) is 4.70. The van der Waals surface area contributed by atoms with Gasteiger partial charge in [-0.1, -0.05) is 26.7 Å². The zero-order chi connectivity index (χ0) is 12.3.